The van der Waals surface area contributed by atoms with Gasteiger partial charge in [-0.1, -0.05) is 91.9 Å². The Labute approximate surface area is 152 Å². The van der Waals surface area contributed by atoms with Gasteiger partial charge in [0, 0.05) is 5.41 Å². The number of carbonyl (C=O) groups is 1. The number of fused-ring (bicyclic) bond motifs is 2. The molecular formula is C24H20O2. The van der Waals surface area contributed by atoms with Crippen LogP contribution in [0.25, 0.3) is 21.5 Å². The Kier molecular flexibility index (Phi) is 3.96. The first-order valence-electron chi connectivity index (χ1n) is 8.77. The van der Waals surface area contributed by atoms with Crippen molar-refractivity contribution in [3.63, 3.8) is 0 Å². The van der Waals surface area contributed by atoms with Crippen LogP contribution in [0.2, 0.25) is 0 Å². The predicted octanol–water partition coefficient (Wildman–Crippen LogP) is 5.77. The quantitative estimate of drug-likeness (QED) is 0.512. The van der Waals surface area contributed by atoms with Crippen LogP contribution in [-0.4, -0.2) is 11.1 Å². The summed E-state index contributed by atoms with van der Waals surface area (Å²) in [6, 6.07) is 28.8. The molecule has 0 radical (unpaired) electrons. The highest BCUT2D eigenvalue weighted by Gasteiger charge is 2.32. The number of hydrogen-bond acceptors (Lipinski definition) is 1. The average Bonchev–Trinajstić information content (AvgIpc) is 2.66. The lowest BCUT2D eigenvalue weighted by atomic mass is 9.73. The Morgan fingerprint density at radius 1 is 0.731 bits per heavy atom. The number of aliphatic carboxylic acids is 1. The standard InChI is InChI=1S/C24H20O2/c1-24(16-23(25)26,21-12-10-17-6-2-4-8-19(17)14-21)22-13-11-18-7-3-5-9-20(18)15-22/h2-15H,16H2,1H3,(H,25,26). The van der Waals surface area contributed by atoms with E-state index in [1.54, 1.807) is 0 Å². The molecule has 2 nitrogen and oxygen atoms in total. The van der Waals surface area contributed by atoms with Crippen LogP contribution in [0, 0.1) is 0 Å². The summed E-state index contributed by atoms with van der Waals surface area (Å²) in [5, 5.41) is 14.2. The first-order chi connectivity index (χ1) is 12.6. The molecule has 0 spiro atoms. The van der Waals surface area contributed by atoms with E-state index in [1.165, 1.54) is 0 Å². The van der Waals surface area contributed by atoms with Crippen molar-refractivity contribution in [2.45, 2.75) is 18.8 Å². The summed E-state index contributed by atoms with van der Waals surface area (Å²) >= 11 is 0. The first-order valence-corrected chi connectivity index (χ1v) is 8.77. The van der Waals surface area contributed by atoms with Gasteiger partial charge in [0.05, 0.1) is 6.42 Å². The van der Waals surface area contributed by atoms with Crippen LogP contribution >= 0.6 is 0 Å². The molecule has 0 atom stereocenters. The number of hydrogen-bond donors (Lipinski definition) is 1. The summed E-state index contributed by atoms with van der Waals surface area (Å²) in [7, 11) is 0. The van der Waals surface area contributed by atoms with Gasteiger partial charge < -0.3 is 5.11 Å². The molecule has 0 unspecified atom stereocenters. The van der Waals surface area contributed by atoms with E-state index in [0.717, 1.165) is 32.7 Å². The van der Waals surface area contributed by atoms with Gasteiger partial charge in [0.15, 0.2) is 0 Å². The first kappa shape index (κ1) is 16.3. The minimum Gasteiger partial charge on any atom is -0.481 e. The second-order valence-electron chi connectivity index (χ2n) is 7.03. The molecule has 0 aliphatic rings. The maximum Gasteiger partial charge on any atom is 0.304 e. The molecule has 0 bridgehead atoms. The molecular weight excluding hydrogens is 320 g/mol. The van der Waals surface area contributed by atoms with Crippen LogP contribution in [0.5, 0.6) is 0 Å². The molecule has 0 fully saturated rings. The Morgan fingerprint density at radius 3 is 1.58 bits per heavy atom. The van der Waals surface area contributed by atoms with E-state index in [-0.39, 0.29) is 6.42 Å². The van der Waals surface area contributed by atoms with E-state index in [4.69, 9.17) is 0 Å². The molecule has 0 saturated carbocycles. The lowest BCUT2D eigenvalue weighted by Crippen LogP contribution is -2.27. The molecule has 128 valence electrons. The summed E-state index contributed by atoms with van der Waals surface area (Å²) in [4.78, 5) is 11.7. The zero-order valence-electron chi connectivity index (χ0n) is 14.6. The number of carboxylic acid groups (broad SMARTS) is 1. The molecule has 4 aromatic carbocycles. The van der Waals surface area contributed by atoms with Crippen molar-refractivity contribution >= 4 is 27.5 Å². The van der Waals surface area contributed by atoms with Crippen LogP contribution in [-0.2, 0) is 10.2 Å². The fourth-order valence-electron chi connectivity index (χ4n) is 3.74. The van der Waals surface area contributed by atoms with Crippen LogP contribution in [0.4, 0.5) is 0 Å². The van der Waals surface area contributed by atoms with E-state index in [0.29, 0.717) is 0 Å². The van der Waals surface area contributed by atoms with Crippen molar-refractivity contribution < 1.29 is 9.90 Å². The molecule has 4 aromatic rings. The molecule has 26 heavy (non-hydrogen) atoms. The normalized spacial score (nSPS) is 11.7. The third kappa shape index (κ3) is 2.84. The van der Waals surface area contributed by atoms with Gasteiger partial charge in [0.1, 0.15) is 0 Å². The second-order valence-corrected chi connectivity index (χ2v) is 7.03. The van der Waals surface area contributed by atoms with Crippen molar-refractivity contribution in [3.8, 4) is 0 Å². The lowest BCUT2D eigenvalue weighted by Gasteiger charge is -2.30. The SMILES string of the molecule is CC(CC(=O)O)(c1ccc2ccccc2c1)c1ccc2ccccc2c1. The lowest BCUT2D eigenvalue weighted by molar-refractivity contribution is -0.138. The van der Waals surface area contributed by atoms with Gasteiger partial charge >= 0.3 is 5.97 Å². The summed E-state index contributed by atoms with van der Waals surface area (Å²) in [5.41, 5.74) is 1.45. The fraction of sp³-hybridized carbons (Fsp3) is 0.125. The summed E-state index contributed by atoms with van der Waals surface area (Å²) in [5.74, 6) is -0.797. The third-order valence-electron chi connectivity index (χ3n) is 5.28. The third-order valence-corrected chi connectivity index (χ3v) is 5.28. The Balaban J connectivity index is 1.91. The highest BCUT2D eigenvalue weighted by Crippen LogP contribution is 2.38. The molecule has 0 heterocycles. The van der Waals surface area contributed by atoms with Crippen molar-refractivity contribution in [1.29, 1.82) is 0 Å². The van der Waals surface area contributed by atoms with Crippen LogP contribution in [0.3, 0.4) is 0 Å². The van der Waals surface area contributed by atoms with Gasteiger partial charge in [-0.15, -0.1) is 0 Å². The van der Waals surface area contributed by atoms with Crippen molar-refractivity contribution in [3.05, 3.63) is 96.1 Å². The summed E-state index contributed by atoms with van der Waals surface area (Å²) in [6.07, 6.45) is 0.0453. The van der Waals surface area contributed by atoms with Gasteiger partial charge in [-0.2, -0.15) is 0 Å². The van der Waals surface area contributed by atoms with E-state index >= 15 is 0 Å². The molecule has 0 saturated heterocycles. The van der Waals surface area contributed by atoms with Gasteiger partial charge in [-0.25, -0.2) is 0 Å². The number of rotatable bonds is 4. The van der Waals surface area contributed by atoms with E-state index < -0.39 is 11.4 Å². The predicted molar refractivity (Wildman–Crippen MR) is 107 cm³/mol. The van der Waals surface area contributed by atoms with Crippen LogP contribution < -0.4 is 0 Å². The summed E-state index contributed by atoms with van der Waals surface area (Å²) < 4.78 is 0. The van der Waals surface area contributed by atoms with E-state index in [1.807, 2.05) is 31.2 Å². The topological polar surface area (TPSA) is 37.3 Å². The zero-order chi connectivity index (χ0) is 18.1. The number of benzene rings is 4. The largest absolute Gasteiger partial charge is 0.481 e. The zero-order valence-corrected chi connectivity index (χ0v) is 14.6. The Hall–Kier alpha value is -3.13. The minimum absolute atomic E-state index is 0.0453. The Bertz CT molecular complexity index is 1030. The molecule has 2 heteroatoms. The highest BCUT2D eigenvalue weighted by molar-refractivity contribution is 5.85. The van der Waals surface area contributed by atoms with E-state index in [9.17, 15) is 9.90 Å². The van der Waals surface area contributed by atoms with Crippen molar-refractivity contribution in [2.75, 3.05) is 0 Å². The molecule has 0 amide bonds. The van der Waals surface area contributed by atoms with E-state index in [2.05, 4.69) is 60.7 Å². The maximum absolute atomic E-state index is 11.7. The van der Waals surface area contributed by atoms with Crippen molar-refractivity contribution in [2.24, 2.45) is 0 Å². The van der Waals surface area contributed by atoms with Gasteiger partial charge in [0.2, 0.25) is 0 Å². The van der Waals surface area contributed by atoms with Crippen LogP contribution in [0.15, 0.2) is 84.9 Å². The minimum atomic E-state index is -0.797. The molecule has 0 aromatic heterocycles. The van der Waals surface area contributed by atoms with Gasteiger partial charge in [-0.05, 0) is 32.7 Å². The van der Waals surface area contributed by atoms with Crippen molar-refractivity contribution in [1.82, 2.24) is 0 Å². The molecule has 4 rings (SSSR count). The highest BCUT2D eigenvalue weighted by atomic mass is 16.4. The van der Waals surface area contributed by atoms with Gasteiger partial charge in [0.25, 0.3) is 0 Å². The second kappa shape index (κ2) is 6.30. The Morgan fingerprint density at radius 2 is 1.15 bits per heavy atom. The van der Waals surface area contributed by atoms with Gasteiger partial charge in [-0.3, -0.25) is 4.79 Å². The molecule has 1 N–H and O–H groups in total. The smallest absolute Gasteiger partial charge is 0.304 e. The maximum atomic E-state index is 11.7. The van der Waals surface area contributed by atoms with Crippen LogP contribution in [0.1, 0.15) is 24.5 Å². The number of carboxylic acids is 1. The molecule has 0 aliphatic heterocycles. The summed E-state index contributed by atoms with van der Waals surface area (Å²) in [6.45, 7) is 2.02. The monoisotopic (exact) mass is 340 g/mol. The fourth-order valence-corrected chi connectivity index (χ4v) is 3.74. The molecule has 0 aliphatic carbocycles. The average molecular weight is 340 g/mol.